The molecule has 1 saturated heterocycles. The third kappa shape index (κ3) is 3.35. The van der Waals surface area contributed by atoms with Gasteiger partial charge in [0.05, 0.1) is 6.54 Å². The van der Waals surface area contributed by atoms with Crippen LogP contribution in [0.5, 0.6) is 5.75 Å². The molecule has 1 aliphatic heterocycles. The maximum absolute atomic E-state index is 10.6. The minimum absolute atomic E-state index is 0.0956. The van der Waals surface area contributed by atoms with Gasteiger partial charge >= 0.3 is 5.97 Å². The molecule has 0 aromatic heterocycles. The van der Waals surface area contributed by atoms with E-state index in [2.05, 4.69) is 30.3 Å². The van der Waals surface area contributed by atoms with Crippen molar-refractivity contribution in [1.29, 1.82) is 0 Å². The number of rotatable bonds is 4. The fourth-order valence-electron chi connectivity index (χ4n) is 4.33. The van der Waals surface area contributed by atoms with Gasteiger partial charge < -0.3 is 20.4 Å². The van der Waals surface area contributed by atoms with Crippen LogP contribution in [0.2, 0.25) is 0 Å². The highest BCUT2D eigenvalue weighted by Gasteiger charge is 2.39. The molecule has 0 saturated carbocycles. The number of phenolic OH excluding ortho intramolecular Hbond substituents is 1. The summed E-state index contributed by atoms with van der Waals surface area (Å²) in [6, 6.07) is 4.00. The average Bonchev–Trinajstić information content (AvgIpc) is 2.58. The number of hydrogen-bond acceptors (Lipinski definition) is 4. The molecule has 5 heteroatoms. The monoisotopic (exact) mass is 318 g/mol. The normalized spacial score (nSPS) is 27.3. The summed E-state index contributed by atoms with van der Waals surface area (Å²) in [7, 11) is 2.19. The second-order valence-corrected chi connectivity index (χ2v) is 7.48. The molecule has 2 bridgehead atoms. The fraction of sp³-hybridized carbons (Fsp3) is 0.611. The summed E-state index contributed by atoms with van der Waals surface area (Å²) in [5.74, 6) is 0.0484. The fourth-order valence-corrected chi connectivity index (χ4v) is 4.33. The summed E-state index contributed by atoms with van der Waals surface area (Å²) in [4.78, 5) is 13.0. The van der Waals surface area contributed by atoms with E-state index in [9.17, 15) is 9.90 Å². The van der Waals surface area contributed by atoms with E-state index < -0.39 is 5.97 Å². The zero-order valence-electron chi connectivity index (χ0n) is 13.9. The lowest BCUT2D eigenvalue weighted by atomic mass is 9.66. The third-order valence-corrected chi connectivity index (χ3v) is 5.41. The molecule has 0 unspecified atom stereocenters. The number of phenols is 1. The van der Waals surface area contributed by atoms with Crippen LogP contribution in [0.15, 0.2) is 12.1 Å². The van der Waals surface area contributed by atoms with Crippen molar-refractivity contribution in [1.82, 2.24) is 10.2 Å². The third-order valence-electron chi connectivity index (χ3n) is 5.41. The van der Waals surface area contributed by atoms with Crippen molar-refractivity contribution >= 4 is 5.97 Å². The van der Waals surface area contributed by atoms with Gasteiger partial charge in [-0.15, -0.1) is 0 Å². The van der Waals surface area contributed by atoms with Gasteiger partial charge in [0.2, 0.25) is 0 Å². The Bertz CT molecular complexity index is 617. The Morgan fingerprint density at radius 1 is 1.48 bits per heavy atom. The number of aliphatic carboxylic acids is 1. The van der Waals surface area contributed by atoms with Gasteiger partial charge in [0, 0.05) is 18.7 Å². The molecule has 3 N–H and O–H groups in total. The Morgan fingerprint density at radius 2 is 2.26 bits per heavy atom. The molecule has 1 heterocycles. The Hall–Kier alpha value is -1.59. The Morgan fingerprint density at radius 3 is 3.00 bits per heavy atom. The van der Waals surface area contributed by atoms with E-state index in [0.717, 1.165) is 31.5 Å². The van der Waals surface area contributed by atoms with Crippen molar-refractivity contribution in [2.75, 3.05) is 26.7 Å². The van der Waals surface area contributed by atoms with Gasteiger partial charge in [0.1, 0.15) is 5.75 Å². The molecule has 0 radical (unpaired) electrons. The standard InChI is InChI=1S/C18H26N2O3/c1-18-3-4-20(2)11-12(8-18)5-13-6-14(9-19-10-17(22)23)16(21)7-15(13)18/h6-7,12,19,21H,3-5,8-11H2,1-2H3,(H,22,23)/t12-,18-/m1/s1. The summed E-state index contributed by atoms with van der Waals surface area (Å²) < 4.78 is 0. The van der Waals surface area contributed by atoms with Gasteiger partial charge in [-0.2, -0.15) is 0 Å². The van der Waals surface area contributed by atoms with Gasteiger partial charge in [-0.1, -0.05) is 13.0 Å². The lowest BCUT2D eigenvalue weighted by molar-refractivity contribution is -0.136. The molecule has 5 nitrogen and oxygen atoms in total. The second kappa shape index (κ2) is 6.13. The summed E-state index contributed by atoms with van der Waals surface area (Å²) in [5, 5.41) is 22.0. The summed E-state index contributed by atoms with van der Waals surface area (Å²) in [6.45, 7) is 4.82. The van der Waals surface area contributed by atoms with E-state index in [4.69, 9.17) is 5.11 Å². The molecular formula is C18H26N2O3. The van der Waals surface area contributed by atoms with Crippen LogP contribution >= 0.6 is 0 Å². The molecule has 23 heavy (non-hydrogen) atoms. The van der Waals surface area contributed by atoms with E-state index in [1.54, 1.807) is 0 Å². The van der Waals surface area contributed by atoms with Crippen LogP contribution in [0.4, 0.5) is 0 Å². The summed E-state index contributed by atoms with van der Waals surface area (Å²) in [5.41, 5.74) is 3.53. The molecule has 2 aliphatic rings. The quantitative estimate of drug-likeness (QED) is 0.788. The molecule has 2 atom stereocenters. The molecule has 126 valence electrons. The number of nitrogens with one attached hydrogen (secondary N) is 1. The molecule has 0 spiro atoms. The maximum Gasteiger partial charge on any atom is 0.317 e. The Balaban J connectivity index is 1.88. The smallest absolute Gasteiger partial charge is 0.317 e. The van der Waals surface area contributed by atoms with Crippen LogP contribution < -0.4 is 5.32 Å². The largest absolute Gasteiger partial charge is 0.508 e. The molecule has 1 aliphatic carbocycles. The predicted molar refractivity (Wildman–Crippen MR) is 88.7 cm³/mol. The number of carboxylic acids is 1. The van der Waals surface area contributed by atoms with E-state index in [-0.39, 0.29) is 17.7 Å². The van der Waals surface area contributed by atoms with Gasteiger partial charge in [-0.05, 0) is 61.4 Å². The maximum atomic E-state index is 10.6. The number of benzene rings is 1. The van der Waals surface area contributed by atoms with E-state index in [0.29, 0.717) is 12.5 Å². The highest BCUT2D eigenvalue weighted by molar-refractivity contribution is 5.69. The molecular weight excluding hydrogens is 292 g/mol. The minimum Gasteiger partial charge on any atom is -0.508 e. The SMILES string of the molecule is CN1CC[C@]2(C)C[C@@H](Cc3cc(CNCC(=O)O)c(O)cc32)C1. The van der Waals surface area contributed by atoms with Crippen molar-refractivity contribution in [2.45, 2.75) is 38.1 Å². The second-order valence-electron chi connectivity index (χ2n) is 7.48. The first-order valence-electron chi connectivity index (χ1n) is 8.34. The number of carbonyl (C=O) groups is 1. The first-order chi connectivity index (χ1) is 10.9. The Labute approximate surface area is 137 Å². The van der Waals surface area contributed by atoms with Gasteiger partial charge in [-0.3, -0.25) is 4.79 Å². The Kier molecular flexibility index (Phi) is 4.34. The number of hydrogen-bond donors (Lipinski definition) is 3. The number of carboxylic acid groups (broad SMARTS) is 1. The van der Waals surface area contributed by atoms with Gasteiger partial charge in [-0.25, -0.2) is 0 Å². The predicted octanol–water partition coefficient (Wildman–Crippen LogP) is 1.72. The molecule has 3 rings (SSSR count). The van der Waals surface area contributed by atoms with Crippen LogP contribution in [0, 0.1) is 5.92 Å². The van der Waals surface area contributed by atoms with Crippen molar-refractivity contribution in [2.24, 2.45) is 5.92 Å². The zero-order chi connectivity index (χ0) is 16.6. The lowest BCUT2D eigenvalue weighted by Gasteiger charge is -2.38. The van der Waals surface area contributed by atoms with Crippen LogP contribution in [0.25, 0.3) is 0 Å². The molecule has 1 fully saturated rings. The van der Waals surface area contributed by atoms with Crippen LogP contribution in [-0.4, -0.2) is 47.8 Å². The van der Waals surface area contributed by atoms with E-state index in [1.807, 2.05) is 6.07 Å². The zero-order valence-corrected chi connectivity index (χ0v) is 13.9. The van der Waals surface area contributed by atoms with E-state index in [1.165, 1.54) is 17.5 Å². The topological polar surface area (TPSA) is 72.8 Å². The minimum atomic E-state index is -0.885. The average molecular weight is 318 g/mol. The highest BCUT2D eigenvalue weighted by atomic mass is 16.4. The van der Waals surface area contributed by atoms with Crippen LogP contribution in [-0.2, 0) is 23.2 Å². The number of likely N-dealkylation sites (tertiary alicyclic amines) is 1. The van der Waals surface area contributed by atoms with Gasteiger partial charge in [0.15, 0.2) is 0 Å². The summed E-state index contributed by atoms with van der Waals surface area (Å²) >= 11 is 0. The first-order valence-corrected chi connectivity index (χ1v) is 8.34. The van der Waals surface area contributed by atoms with Crippen LogP contribution in [0.1, 0.15) is 36.5 Å². The number of aromatic hydroxyl groups is 1. The number of nitrogens with zero attached hydrogens (tertiary/aromatic N) is 1. The van der Waals surface area contributed by atoms with Gasteiger partial charge in [0.25, 0.3) is 0 Å². The first kappa shape index (κ1) is 16.3. The van der Waals surface area contributed by atoms with Crippen molar-refractivity contribution in [3.05, 3.63) is 28.8 Å². The van der Waals surface area contributed by atoms with Crippen molar-refractivity contribution in [3.8, 4) is 5.75 Å². The van der Waals surface area contributed by atoms with Crippen molar-refractivity contribution in [3.63, 3.8) is 0 Å². The van der Waals surface area contributed by atoms with E-state index >= 15 is 0 Å². The van der Waals surface area contributed by atoms with Crippen LogP contribution in [0.3, 0.4) is 0 Å². The highest BCUT2D eigenvalue weighted by Crippen LogP contribution is 2.45. The molecule has 0 amide bonds. The molecule has 1 aromatic rings. The molecule has 1 aromatic carbocycles. The summed E-state index contributed by atoms with van der Waals surface area (Å²) in [6.07, 6.45) is 3.34. The lowest BCUT2D eigenvalue weighted by Crippen LogP contribution is -2.32. The van der Waals surface area contributed by atoms with Crippen molar-refractivity contribution < 1.29 is 15.0 Å². The number of fused-ring (bicyclic) bond motifs is 4.